The predicted octanol–water partition coefficient (Wildman–Crippen LogP) is 3.17. The van der Waals surface area contributed by atoms with Crippen LogP contribution in [0.2, 0.25) is 0 Å². The molecule has 2 amide bonds. The van der Waals surface area contributed by atoms with Gasteiger partial charge in [0.2, 0.25) is 11.9 Å². The molecule has 1 saturated carbocycles. The van der Waals surface area contributed by atoms with Crippen LogP contribution in [0, 0.1) is 0 Å². The number of amides is 2. The molecule has 1 aromatic carbocycles. The van der Waals surface area contributed by atoms with Crippen LogP contribution in [-0.2, 0) is 4.79 Å². The molecule has 1 aliphatic carbocycles. The zero-order chi connectivity index (χ0) is 25.9. The van der Waals surface area contributed by atoms with Crippen molar-refractivity contribution in [2.75, 3.05) is 55.5 Å². The highest BCUT2D eigenvalue weighted by Gasteiger charge is 2.32. The normalized spacial score (nSPS) is 20.6. The number of methoxy groups -OCH3 is 1. The Bertz CT molecular complexity index is 1150. The van der Waals surface area contributed by atoms with E-state index in [1.165, 1.54) is 12.8 Å². The highest BCUT2D eigenvalue weighted by atomic mass is 16.5. The van der Waals surface area contributed by atoms with Crippen molar-refractivity contribution in [2.24, 2.45) is 0 Å². The summed E-state index contributed by atoms with van der Waals surface area (Å²) in [5.41, 5.74) is 1.95. The van der Waals surface area contributed by atoms with Gasteiger partial charge in [-0.2, -0.15) is 4.98 Å². The fourth-order valence-electron chi connectivity index (χ4n) is 5.63. The summed E-state index contributed by atoms with van der Waals surface area (Å²) in [6.45, 7) is 5.68. The zero-order valence-electron chi connectivity index (χ0n) is 22.0. The van der Waals surface area contributed by atoms with E-state index >= 15 is 0 Å². The maximum atomic E-state index is 12.9. The fourth-order valence-corrected chi connectivity index (χ4v) is 5.63. The molecule has 2 fully saturated rings. The molecule has 37 heavy (non-hydrogen) atoms. The van der Waals surface area contributed by atoms with Crippen molar-refractivity contribution in [1.29, 1.82) is 0 Å². The van der Waals surface area contributed by atoms with Gasteiger partial charge in [0.1, 0.15) is 11.4 Å². The van der Waals surface area contributed by atoms with E-state index in [0.717, 1.165) is 50.4 Å². The standard InChI is InChI=1S/C27H37N7O3/c1-4-33-13-11-19(17-33)29-26(36)18-9-10-21(23(15-18)37-3)30-27-28-16-22-25(31-27)34(20-7-5-6-8-20)14-12-24(35)32(22)2/h9-10,15-16,19-20H,4-8,11-14,17H2,1-3H3,(H,29,36)(H,28,30,31)/t19-/m1/s1. The third-order valence-corrected chi connectivity index (χ3v) is 7.85. The molecule has 2 aromatic rings. The quantitative estimate of drug-likeness (QED) is 0.589. The largest absolute Gasteiger partial charge is 0.495 e. The van der Waals surface area contributed by atoms with E-state index in [2.05, 4.69) is 32.3 Å². The van der Waals surface area contributed by atoms with E-state index < -0.39 is 0 Å². The molecule has 2 N–H and O–H groups in total. The van der Waals surface area contributed by atoms with Crippen LogP contribution < -0.4 is 25.2 Å². The summed E-state index contributed by atoms with van der Waals surface area (Å²) in [5.74, 6) is 1.71. The van der Waals surface area contributed by atoms with Gasteiger partial charge >= 0.3 is 0 Å². The molecule has 0 bridgehead atoms. The van der Waals surface area contributed by atoms with Crippen LogP contribution in [0.3, 0.4) is 0 Å². The molecular formula is C27H37N7O3. The third kappa shape index (κ3) is 5.34. The first-order valence-electron chi connectivity index (χ1n) is 13.3. The van der Waals surface area contributed by atoms with Crippen LogP contribution in [0.4, 0.5) is 23.1 Å². The average molecular weight is 508 g/mol. The average Bonchev–Trinajstić information content (AvgIpc) is 3.59. The van der Waals surface area contributed by atoms with Crippen LogP contribution >= 0.6 is 0 Å². The third-order valence-electron chi connectivity index (χ3n) is 7.85. The Morgan fingerprint density at radius 1 is 1.19 bits per heavy atom. The molecule has 0 radical (unpaired) electrons. The topological polar surface area (TPSA) is 103 Å². The van der Waals surface area contributed by atoms with Crippen LogP contribution in [0.5, 0.6) is 5.75 Å². The van der Waals surface area contributed by atoms with Crippen LogP contribution in [0.1, 0.15) is 55.8 Å². The van der Waals surface area contributed by atoms with E-state index in [4.69, 9.17) is 9.72 Å². The van der Waals surface area contributed by atoms with E-state index in [9.17, 15) is 9.59 Å². The lowest BCUT2D eigenvalue weighted by molar-refractivity contribution is -0.118. The lowest BCUT2D eigenvalue weighted by Gasteiger charge is -2.30. The highest BCUT2D eigenvalue weighted by molar-refractivity contribution is 5.97. The molecule has 0 spiro atoms. The molecule has 3 aliphatic rings. The first-order valence-corrected chi connectivity index (χ1v) is 13.3. The number of carbonyl (C=O) groups excluding carboxylic acids is 2. The number of aromatic nitrogens is 2. The van der Waals surface area contributed by atoms with Gasteiger partial charge in [-0.1, -0.05) is 19.8 Å². The number of likely N-dealkylation sites (tertiary alicyclic amines) is 1. The number of ether oxygens (including phenoxy) is 1. The van der Waals surface area contributed by atoms with Crippen molar-refractivity contribution in [2.45, 2.75) is 57.5 Å². The Morgan fingerprint density at radius 2 is 2.00 bits per heavy atom. The summed E-state index contributed by atoms with van der Waals surface area (Å²) >= 11 is 0. The molecule has 1 aromatic heterocycles. The molecule has 10 heteroatoms. The van der Waals surface area contributed by atoms with E-state index in [0.29, 0.717) is 42.0 Å². The minimum atomic E-state index is -0.103. The minimum Gasteiger partial charge on any atom is -0.495 e. The van der Waals surface area contributed by atoms with E-state index in [1.807, 2.05) is 6.07 Å². The lowest BCUT2D eigenvalue weighted by atomic mass is 10.1. The van der Waals surface area contributed by atoms with Gasteiger partial charge in [0, 0.05) is 50.7 Å². The Hall–Kier alpha value is -3.40. The molecule has 198 valence electrons. The van der Waals surface area contributed by atoms with E-state index in [1.54, 1.807) is 37.4 Å². The molecule has 1 atom stereocenters. The molecule has 5 rings (SSSR count). The van der Waals surface area contributed by atoms with E-state index in [-0.39, 0.29) is 17.9 Å². The van der Waals surface area contributed by atoms with Crippen molar-refractivity contribution in [3.8, 4) is 5.75 Å². The maximum absolute atomic E-state index is 12.9. The zero-order valence-corrected chi connectivity index (χ0v) is 22.0. The summed E-state index contributed by atoms with van der Waals surface area (Å²) < 4.78 is 5.61. The fraction of sp³-hybridized carbons (Fsp3) is 0.556. The maximum Gasteiger partial charge on any atom is 0.251 e. The van der Waals surface area contributed by atoms with Gasteiger partial charge in [0.25, 0.3) is 5.91 Å². The number of likely N-dealkylation sites (N-methyl/N-ethyl adjacent to an activating group) is 1. The van der Waals surface area contributed by atoms with Crippen LogP contribution in [-0.4, -0.2) is 79.1 Å². The second-order valence-electron chi connectivity index (χ2n) is 10.1. The second kappa shape index (κ2) is 10.9. The van der Waals surface area contributed by atoms with Crippen molar-refractivity contribution >= 4 is 35.0 Å². The summed E-state index contributed by atoms with van der Waals surface area (Å²) in [6, 6.07) is 5.90. The number of nitrogens with one attached hydrogen (secondary N) is 2. The number of nitrogens with zero attached hydrogens (tertiary/aromatic N) is 5. The molecule has 3 heterocycles. The van der Waals surface area contributed by atoms with Crippen molar-refractivity contribution < 1.29 is 14.3 Å². The van der Waals surface area contributed by atoms with Gasteiger partial charge in [-0.25, -0.2) is 4.98 Å². The first-order chi connectivity index (χ1) is 18.0. The Labute approximate surface area is 218 Å². The first kappa shape index (κ1) is 25.3. The molecule has 2 aliphatic heterocycles. The lowest BCUT2D eigenvalue weighted by Crippen LogP contribution is -2.37. The summed E-state index contributed by atoms with van der Waals surface area (Å²) in [7, 11) is 3.37. The Kier molecular flexibility index (Phi) is 7.45. The summed E-state index contributed by atoms with van der Waals surface area (Å²) in [6.07, 6.45) is 7.75. The van der Waals surface area contributed by atoms with Gasteiger partial charge in [-0.05, 0) is 44.0 Å². The molecular weight excluding hydrogens is 470 g/mol. The SMILES string of the molecule is CCN1CC[C@@H](NC(=O)c2ccc(Nc3ncc4c(n3)N(C3CCCC3)CCC(=O)N4C)c(OC)c2)C1. The summed E-state index contributed by atoms with van der Waals surface area (Å²) in [5, 5.41) is 6.41. The van der Waals surface area contributed by atoms with Crippen molar-refractivity contribution in [3.05, 3.63) is 30.0 Å². The smallest absolute Gasteiger partial charge is 0.251 e. The number of hydrogen-bond donors (Lipinski definition) is 2. The number of hydrogen-bond acceptors (Lipinski definition) is 8. The number of benzene rings is 1. The number of fused-ring (bicyclic) bond motifs is 1. The van der Waals surface area contributed by atoms with Gasteiger partial charge < -0.3 is 30.1 Å². The number of carbonyl (C=O) groups is 2. The van der Waals surface area contributed by atoms with Crippen LogP contribution in [0.15, 0.2) is 24.4 Å². The summed E-state index contributed by atoms with van der Waals surface area (Å²) in [4.78, 5) is 41.1. The van der Waals surface area contributed by atoms with Crippen LogP contribution in [0.25, 0.3) is 0 Å². The Morgan fingerprint density at radius 3 is 2.73 bits per heavy atom. The van der Waals surface area contributed by atoms with Crippen molar-refractivity contribution in [1.82, 2.24) is 20.2 Å². The van der Waals surface area contributed by atoms with Crippen molar-refractivity contribution in [3.63, 3.8) is 0 Å². The van der Waals surface area contributed by atoms with Gasteiger partial charge in [0.15, 0.2) is 5.82 Å². The van der Waals surface area contributed by atoms with Gasteiger partial charge in [-0.15, -0.1) is 0 Å². The number of anilines is 4. The predicted molar refractivity (Wildman–Crippen MR) is 144 cm³/mol. The Balaban J connectivity index is 1.36. The second-order valence-corrected chi connectivity index (χ2v) is 10.1. The minimum absolute atomic E-state index is 0.0709. The van der Waals surface area contributed by atoms with Gasteiger partial charge in [0.05, 0.1) is 19.0 Å². The molecule has 0 unspecified atom stereocenters. The molecule has 1 saturated heterocycles. The molecule has 10 nitrogen and oxygen atoms in total. The number of rotatable bonds is 7. The highest BCUT2D eigenvalue weighted by Crippen LogP contribution is 2.37. The monoisotopic (exact) mass is 507 g/mol. The van der Waals surface area contributed by atoms with Gasteiger partial charge in [-0.3, -0.25) is 9.59 Å².